The van der Waals surface area contributed by atoms with Crippen molar-refractivity contribution in [3.05, 3.63) is 70.5 Å². The van der Waals surface area contributed by atoms with Crippen LogP contribution in [-0.4, -0.2) is 18.1 Å². The number of nitrogens with one attached hydrogen (secondary N) is 1. The second-order valence-corrected chi connectivity index (χ2v) is 4.65. The van der Waals surface area contributed by atoms with Crippen LogP contribution in [0.2, 0.25) is 0 Å². The lowest BCUT2D eigenvalue weighted by molar-refractivity contribution is 0.0599. The van der Waals surface area contributed by atoms with Crippen molar-refractivity contribution in [3.8, 4) is 11.5 Å². The van der Waals surface area contributed by atoms with E-state index in [4.69, 9.17) is 4.74 Å². The van der Waals surface area contributed by atoms with Gasteiger partial charge in [0.15, 0.2) is 0 Å². The van der Waals surface area contributed by atoms with Gasteiger partial charge in [0.05, 0.1) is 12.6 Å². The van der Waals surface area contributed by atoms with Crippen molar-refractivity contribution < 1.29 is 14.3 Å². The summed E-state index contributed by atoms with van der Waals surface area (Å²) in [4.78, 5) is 26.7. The molecular formula is C17H13NO4. The highest BCUT2D eigenvalue weighted by Crippen LogP contribution is 2.23. The Morgan fingerprint density at radius 1 is 1.05 bits per heavy atom. The van der Waals surface area contributed by atoms with Crippen LogP contribution in [0.25, 0.3) is 10.9 Å². The van der Waals surface area contributed by atoms with Gasteiger partial charge in [0.2, 0.25) is 5.43 Å². The highest BCUT2D eigenvalue weighted by atomic mass is 16.5. The molecule has 1 aromatic heterocycles. The maximum Gasteiger partial charge on any atom is 0.343 e. The summed E-state index contributed by atoms with van der Waals surface area (Å²) in [5.74, 6) is 0.642. The Labute approximate surface area is 126 Å². The van der Waals surface area contributed by atoms with E-state index in [1.165, 1.54) is 13.3 Å². The summed E-state index contributed by atoms with van der Waals surface area (Å²) in [6.45, 7) is 0. The SMILES string of the molecule is COC(=O)c1c[nH]c2cc(Oc3ccccc3)ccc2c1=O. The standard InChI is InChI=1S/C17H13NO4/c1-21-17(20)14-10-18-15-9-12(7-8-13(15)16(14)19)22-11-5-3-2-4-6-11/h2-10H,1H3,(H,18,19). The van der Waals surface area contributed by atoms with Crippen LogP contribution in [0.4, 0.5) is 0 Å². The molecule has 22 heavy (non-hydrogen) atoms. The van der Waals surface area contributed by atoms with Crippen molar-refractivity contribution in [2.45, 2.75) is 0 Å². The molecule has 0 amide bonds. The van der Waals surface area contributed by atoms with Crippen molar-refractivity contribution in [3.63, 3.8) is 0 Å². The first-order valence-electron chi connectivity index (χ1n) is 6.65. The number of rotatable bonds is 3. The number of esters is 1. The molecule has 2 aromatic carbocycles. The predicted molar refractivity (Wildman–Crippen MR) is 82.4 cm³/mol. The van der Waals surface area contributed by atoms with Crippen LogP contribution in [-0.2, 0) is 4.74 Å². The van der Waals surface area contributed by atoms with E-state index in [2.05, 4.69) is 9.72 Å². The Balaban J connectivity index is 2.01. The third-order valence-electron chi connectivity index (χ3n) is 3.24. The summed E-state index contributed by atoms with van der Waals surface area (Å²) in [5.41, 5.74) is 0.199. The molecule has 0 atom stereocenters. The topological polar surface area (TPSA) is 68.4 Å². The molecule has 3 aromatic rings. The summed E-state index contributed by atoms with van der Waals surface area (Å²) < 4.78 is 10.3. The van der Waals surface area contributed by atoms with Gasteiger partial charge < -0.3 is 14.5 Å². The van der Waals surface area contributed by atoms with E-state index in [9.17, 15) is 9.59 Å². The molecule has 0 aliphatic carbocycles. The molecule has 0 unspecified atom stereocenters. The molecule has 5 heteroatoms. The van der Waals surface area contributed by atoms with Gasteiger partial charge in [-0.3, -0.25) is 4.79 Å². The number of carbonyl (C=O) groups is 1. The molecule has 0 saturated heterocycles. The molecule has 0 bridgehead atoms. The minimum absolute atomic E-state index is 0.0215. The first-order valence-corrected chi connectivity index (χ1v) is 6.65. The lowest BCUT2D eigenvalue weighted by atomic mass is 10.1. The minimum Gasteiger partial charge on any atom is -0.465 e. The van der Waals surface area contributed by atoms with Crippen molar-refractivity contribution in [1.29, 1.82) is 0 Å². The molecule has 1 heterocycles. The van der Waals surface area contributed by atoms with E-state index >= 15 is 0 Å². The fourth-order valence-electron chi connectivity index (χ4n) is 2.15. The van der Waals surface area contributed by atoms with Crippen LogP contribution in [0.3, 0.4) is 0 Å². The van der Waals surface area contributed by atoms with Crippen LogP contribution in [0.1, 0.15) is 10.4 Å². The number of aromatic nitrogens is 1. The summed E-state index contributed by atoms with van der Waals surface area (Å²) in [6, 6.07) is 14.4. The van der Waals surface area contributed by atoms with Gasteiger partial charge >= 0.3 is 5.97 Å². The molecule has 3 rings (SSSR count). The van der Waals surface area contributed by atoms with Crippen molar-refractivity contribution >= 4 is 16.9 Å². The molecular weight excluding hydrogens is 282 g/mol. The second kappa shape index (κ2) is 5.73. The van der Waals surface area contributed by atoms with Gasteiger partial charge in [0, 0.05) is 17.6 Å². The number of pyridine rings is 1. The zero-order chi connectivity index (χ0) is 15.5. The summed E-state index contributed by atoms with van der Waals surface area (Å²) in [5, 5.41) is 0.406. The number of para-hydroxylation sites is 1. The van der Waals surface area contributed by atoms with Gasteiger partial charge in [-0.1, -0.05) is 18.2 Å². The number of H-pyrrole nitrogens is 1. The van der Waals surface area contributed by atoms with Crippen molar-refractivity contribution in [1.82, 2.24) is 4.98 Å². The number of benzene rings is 2. The van der Waals surface area contributed by atoms with Crippen molar-refractivity contribution in [2.75, 3.05) is 7.11 Å². The Morgan fingerprint density at radius 3 is 2.55 bits per heavy atom. The number of ether oxygens (including phenoxy) is 2. The lowest BCUT2D eigenvalue weighted by Gasteiger charge is -2.07. The number of methoxy groups -OCH3 is 1. The fraction of sp³-hybridized carbons (Fsp3) is 0.0588. The Kier molecular flexibility index (Phi) is 3.62. The Hall–Kier alpha value is -3.08. The molecule has 0 radical (unpaired) electrons. The first-order chi connectivity index (χ1) is 10.7. The number of hydrogen-bond acceptors (Lipinski definition) is 4. The molecule has 0 aliphatic rings. The number of carbonyl (C=O) groups excluding carboxylic acids is 1. The van der Waals surface area contributed by atoms with Gasteiger partial charge in [0.25, 0.3) is 0 Å². The van der Waals surface area contributed by atoms with E-state index in [0.717, 1.165) is 0 Å². The van der Waals surface area contributed by atoms with Crippen LogP contribution in [0.5, 0.6) is 11.5 Å². The van der Waals surface area contributed by atoms with E-state index in [1.54, 1.807) is 18.2 Å². The molecule has 110 valence electrons. The monoisotopic (exact) mass is 295 g/mol. The second-order valence-electron chi connectivity index (χ2n) is 4.65. The first kappa shape index (κ1) is 13.9. The third-order valence-corrected chi connectivity index (χ3v) is 3.24. The average molecular weight is 295 g/mol. The zero-order valence-corrected chi connectivity index (χ0v) is 11.8. The normalized spacial score (nSPS) is 10.4. The van der Waals surface area contributed by atoms with Gasteiger partial charge in [-0.15, -0.1) is 0 Å². The summed E-state index contributed by atoms with van der Waals surface area (Å²) in [6.07, 6.45) is 1.35. The van der Waals surface area contributed by atoms with E-state index in [-0.39, 0.29) is 11.0 Å². The Morgan fingerprint density at radius 2 is 1.82 bits per heavy atom. The van der Waals surface area contributed by atoms with Crippen LogP contribution in [0.15, 0.2) is 59.5 Å². The van der Waals surface area contributed by atoms with Gasteiger partial charge in [-0.05, 0) is 24.3 Å². The molecule has 1 N–H and O–H groups in total. The van der Waals surface area contributed by atoms with E-state index in [0.29, 0.717) is 22.4 Å². The highest BCUT2D eigenvalue weighted by molar-refractivity contribution is 5.93. The third kappa shape index (κ3) is 2.56. The quantitative estimate of drug-likeness (QED) is 0.754. The van der Waals surface area contributed by atoms with Crippen LogP contribution in [0, 0.1) is 0 Å². The molecule has 0 aliphatic heterocycles. The fourth-order valence-corrected chi connectivity index (χ4v) is 2.15. The largest absolute Gasteiger partial charge is 0.465 e. The van der Waals surface area contributed by atoms with Crippen LogP contribution < -0.4 is 10.2 Å². The summed E-state index contributed by atoms with van der Waals surface area (Å²) in [7, 11) is 1.24. The van der Waals surface area contributed by atoms with Crippen LogP contribution >= 0.6 is 0 Å². The number of fused-ring (bicyclic) bond motifs is 1. The predicted octanol–water partition coefficient (Wildman–Crippen LogP) is 3.11. The maximum atomic E-state index is 12.2. The van der Waals surface area contributed by atoms with Crippen molar-refractivity contribution in [2.24, 2.45) is 0 Å². The lowest BCUT2D eigenvalue weighted by Crippen LogP contribution is -2.16. The molecule has 5 nitrogen and oxygen atoms in total. The molecule has 0 spiro atoms. The van der Waals surface area contributed by atoms with Gasteiger partial charge in [-0.2, -0.15) is 0 Å². The highest BCUT2D eigenvalue weighted by Gasteiger charge is 2.13. The van der Waals surface area contributed by atoms with Gasteiger partial charge in [-0.25, -0.2) is 4.79 Å². The van der Waals surface area contributed by atoms with E-state index in [1.807, 2.05) is 30.3 Å². The molecule has 0 fully saturated rings. The number of aromatic amines is 1. The smallest absolute Gasteiger partial charge is 0.343 e. The number of hydrogen-bond donors (Lipinski definition) is 1. The zero-order valence-electron chi connectivity index (χ0n) is 11.8. The maximum absolute atomic E-state index is 12.2. The molecule has 0 saturated carbocycles. The van der Waals surface area contributed by atoms with Gasteiger partial charge in [0.1, 0.15) is 17.1 Å². The average Bonchev–Trinajstić information content (AvgIpc) is 2.55. The van der Waals surface area contributed by atoms with E-state index < -0.39 is 5.97 Å². The Bertz CT molecular complexity index is 884. The minimum atomic E-state index is -0.659. The summed E-state index contributed by atoms with van der Waals surface area (Å²) >= 11 is 0.